The maximum atomic E-state index is 11.8. The summed E-state index contributed by atoms with van der Waals surface area (Å²) in [7, 11) is 0. The Bertz CT molecular complexity index is 543. The highest BCUT2D eigenvalue weighted by Gasteiger charge is 2.43. The molecular weight excluding hydrogens is 392 g/mol. The summed E-state index contributed by atoms with van der Waals surface area (Å²) in [5.41, 5.74) is -2.15. The summed E-state index contributed by atoms with van der Waals surface area (Å²) in [6.07, 6.45) is -2.45. The van der Waals surface area contributed by atoms with Crippen LogP contribution < -0.4 is 0 Å². The first-order valence-electron chi connectivity index (χ1n) is 10.2. The molecule has 0 atom stereocenters. The first kappa shape index (κ1) is 30.1. The van der Waals surface area contributed by atoms with E-state index in [-0.39, 0.29) is 0 Å². The number of hydrogen-bond donors (Lipinski definition) is 0. The van der Waals surface area contributed by atoms with Crippen LogP contribution in [0.2, 0.25) is 0 Å². The van der Waals surface area contributed by atoms with Crippen molar-refractivity contribution in [2.75, 3.05) is 0 Å². The van der Waals surface area contributed by atoms with Crippen molar-refractivity contribution in [3.8, 4) is 0 Å². The SMILES string of the molecule is CC(C)(C)OC(=O)CC(=O)OC(C)(C)C1OC(=O)CC(=O)O1.CC(C)C.CC(C)C. The topological polar surface area (TPSA) is 105 Å². The van der Waals surface area contributed by atoms with E-state index in [1.54, 1.807) is 20.8 Å². The summed E-state index contributed by atoms with van der Waals surface area (Å²) >= 11 is 0. The van der Waals surface area contributed by atoms with E-state index >= 15 is 0 Å². The second-order valence-electron chi connectivity index (χ2n) is 9.79. The molecule has 1 aliphatic rings. The van der Waals surface area contributed by atoms with Gasteiger partial charge in [0.1, 0.15) is 18.4 Å². The van der Waals surface area contributed by atoms with Crippen molar-refractivity contribution in [2.45, 2.75) is 106 Å². The van der Waals surface area contributed by atoms with Gasteiger partial charge in [-0.2, -0.15) is 0 Å². The molecule has 8 nitrogen and oxygen atoms in total. The number of carbonyl (C=O) groups excluding carboxylic acids is 4. The molecule has 0 aliphatic carbocycles. The monoisotopic (exact) mass is 432 g/mol. The third-order valence-electron chi connectivity index (χ3n) is 2.42. The largest absolute Gasteiger partial charge is 0.460 e. The Morgan fingerprint density at radius 1 is 0.833 bits per heavy atom. The van der Waals surface area contributed by atoms with Crippen LogP contribution in [0.1, 0.15) is 89.0 Å². The van der Waals surface area contributed by atoms with E-state index in [0.717, 1.165) is 11.8 Å². The fourth-order valence-corrected chi connectivity index (χ4v) is 1.62. The van der Waals surface area contributed by atoms with Gasteiger partial charge in [0.25, 0.3) is 6.29 Å². The van der Waals surface area contributed by atoms with Crippen LogP contribution in [-0.2, 0) is 38.1 Å². The Morgan fingerprint density at radius 2 is 1.17 bits per heavy atom. The van der Waals surface area contributed by atoms with Crippen molar-refractivity contribution in [1.82, 2.24) is 0 Å². The zero-order valence-electron chi connectivity index (χ0n) is 20.4. The standard InChI is InChI=1S/C14H20O8.2C4H10/c1-13(2,3)21-10(17)7-11(18)22-14(4,5)12-19-8(15)6-9(16)20-12;2*1-4(2)3/h12H,6-7H2,1-5H3;2*4H,1-3H3. The third kappa shape index (κ3) is 17.9. The summed E-state index contributed by atoms with van der Waals surface area (Å²) in [5.74, 6) is -1.49. The minimum absolute atomic E-state index is 0.488. The summed E-state index contributed by atoms with van der Waals surface area (Å²) in [5, 5.41) is 0. The van der Waals surface area contributed by atoms with E-state index in [4.69, 9.17) is 18.9 Å². The summed E-state index contributed by atoms with van der Waals surface area (Å²) in [6, 6.07) is 0. The number of ether oxygens (including phenoxy) is 4. The molecular formula is C22H40O8. The van der Waals surface area contributed by atoms with Crippen LogP contribution in [0.3, 0.4) is 0 Å². The molecule has 176 valence electrons. The molecule has 0 aromatic rings. The van der Waals surface area contributed by atoms with Crippen LogP contribution in [0.15, 0.2) is 0 Å². The lowest BCUT2D eigenvalue weighted by Gasteiger charge is -2.34. The van der Waals surface area contributed by atoms with Gasteiger partial charge < -0.3 is 18.9 Å². The number of carbonyl (C=O) groups is 4. The Hall–Kier alpha value is -2.12. The summed E-state index contributed by atoms with van der Waals surface area (Å²) in [6.45, 7) is 20.8. The smallest absolute Gasteiger partial charge is 0.320 e. The minimum Gasteiger partial charge on any atom is -0.460 e. The van der Waals surface area contributed by atoms with Crippen molar-refractivity contribution >= 4 is 23.9 Å². The highest BCUT2D eigenvalue weighted by atomic mass is 16.7. The van der Waals surface area contributed by atoms with Gasteiger partial charge in [0.2, 0.25) is 0 Å². The second kappa shape index (κ2) is 13.2. The van der Waals surface area contributed by atoms with Gasteiger partial charge in [0, 0.05) is 0 Å². The summed E-state index contributed by atoms with van der Waals surface area (Å²) in [4.78, 5) is 45.7. The highest BCUT2D eigenvalue weighted by Crippen LogP contribution is 2.24. The highest BCUT2D eigenvalue weighted by molar-refractivity contribution is 5.93. The molecule has 1 fully saturated rings. The predicted octanol–water partition coefficient (Wildman–Crippen LogP) is 4.18. The quantitative estimate of drug-likeness (QED) is 0.370. The first-order valence-corrected chi connectivity index (χ1v) is 10.2. The summed E-state index contributed by atoms with van der Waals surface area (Å²) < 4.78 is 19.7. The molecule has 0 radical (unpaired) electrons. The van der Waals surface area contributed by atoms with Gasteiger partial charge in [-0.1, -0.05) is 41.5 Å². The molecule has 0 unspecified atom stereocenters. The van der Waals surface area contributed by atoms with Gasteiger partial charge in [-0.25, -0.2) is 0 Å². The van der Waals surface area contributed by atoms with E-state index in [0.29, 0.717) is 0 Å². The van der Waals surface area contributed by atoms with Crippen molar-refractivity contribution in [1.29, 1.82) is 0 Å². The molecule has 1 heterocycles. The molecule has 0 amide bonds. The Morgan fingerprint density at radius 3 is 1.50 bits per heavy atom. The lowest BCUT2D eigenvalue weighted by molar-refractivity contribution is -0.245. The zero-order valence-corrected chi connectivity index (χ0v) is 20.4. The fraction of sp³-hybridized carbons (Fsp3) is 0.818. The maximum Gasteiger partial charge on any atom is 0.320 e. The predicted molar refractivity (Wildman–Crippen MR) is 112 cm³/mol. The van der Waals surface area contributed by atoms with Crippen LogP contribution in [-0.4, -0.2) is 41.4 Å². The van der Waals surface area contributed by atoms with E-state index < -0.39 is 54.2 Å². The van der Waals surface area contributed by atoms with Crippen LogP contribution in [0.25, 0.3) is 0 Å². The number of esters is 4. The molecule has 8 heteroatoms. The van der Waals surface area contributed by atoms with E-state index in [1.807, 2.05) is 0 Å². The molecule has 0 saturated carbocycles. The molecule has 1 rings (SSSR count). The van der Waals surface area contributed by atoms with Crippen molar-refractivity contribution in [3.63, 3.8) is 0 Å². The molecule has 0 aromatic carbocycles. The molecule has 0 N–H and O–H groups in total. The maximum absolute atomic E-state index is 11.8. The van der Waals surface area contributed by atoms with Gasteiger partial charge in [-0.3, -0.25) is 19.2 Å². The zero-order chi connectivity index (χ0) is 24.3. The Labute approximate surface area is 181 Å². The average molecular weight is 433 g/mol. The molecule has 1 aliphatic heterocycles. The average Bonchev–Trinajstić information content (AvgIpc) is 2.41. The fourth-order valence-electron chi connectivity index (χ4n) is 1.62. The van der Waals surface area contributed by atoms with Crippen molar-refractivity contribution in [2.24, 2.45) is 11.8 Å². The van der Waals surface area contributed by atoms with E-state index in [9.17, 15) is 19.2 Å². The second-order valence-corrected chi connectivity index (χ2v) is 9.79. The Kier molecular flexibility index (Phi) is 13.3. The minimum atomic E-state index is -1.43. The lowest BCUT2D eigenvalue weighted by Crippen LogP contribution is -2.49. The van der Waals surface area contributed by atoms with Crippen molar-refractivity contribution in [3.05, 3.63) is 0 Å². The molecule has 1 saturated heterocycles. The van der Waals surface area contributed by atoms with Gasteiger partial charge in [-0.05, 0) is 46.5 Å². The van der Waals surface area contributed by atoms with Gasteiger partial charge in [-0.15, -0.1) is 0 Å². The number of rotatable bonds is 4. The lowest BCUT2D eigenvalue weighted by atomic mass is 10.1. The molecule has 0 spiro atoms. The third-order valence-corrected chi connectivity index (χ3v) is 2.42. The van der Waals surface area contributed by atoms with Crippen LogP contribution in [0.4, 0.5) is 0 Å². The molecule has 0 bridgehead atoms. The van der Waals surface area contributed by atoms with Crippen LogP contribution in [0.5, 0.6) is 0 Å². The molecule has 30 heavy (non-hydrogen) atoms. The Balaban J connectivity index is 0. The first-order chi connectivity index (χ1) is 13.4. The number of hydrogen-bond acceptors (Lipinski definition) is 8. The van der Waals surface area contributed by atoms with Crippen LogP contribution >= 0.6 is 0 Å². The van der Waals surface area contributed by atoms with E-state index in [1.165, 1.54) is 13.8 Å². The normalized spacial score (nSPS) is 14.6. The van der Waals surface area contributed by atoms with Gasteiger partial charge >= 0.3 is 23.9 Å². The number of cyclic esters (lactones) is 2. The van der Waals surface area contributed by atoms with E-state index in [2.05, 4.69) is 41.5 Å². The van der Waals surface area contributed by atoms with Gasteiger partial charge in [0.05, 0.1) is 0 Å². The van der Waals surface area contributed by atoms with Crippen molar-refractivity contribution < 1.29 is 38.1 Å². The molecule has 0 aromatic heterocycles. The van der Waals surface area contributed by atoms with Crippen LogP contribution in [0, 0.1) is 11.8 Å². The van der Waals surface area contributed by atoms with Gasteiger partial charge in [0.15, 0.2) is 5.60 Å².